The largest absolute Gasteiger partial charge is 0.481 e. The third-order valence-corrected chi connectivity index (χ3v) is 4.33. The van der Waals surface area contributed by atoms with E-state index in [0.29, 0.717) is 25.6 Å². The molecule has 2 amide bonds. The first-order valence-corrected chi connectivity index (χ1v) is 7.91. The third-order valence-electron chi connectivity index (χ3n) is 4.33. The molecule has 2 rings (SSSR count). The molecule has 0 spiro atoms. The number of carbonyl (C=O) groups excluding carboxylic acids is 1. The highest BCUT2D eigenvalue weighted by molar-refractivity contribution is 5.76. The topological polar surface area (TPSA) is 70.1 Å². The Kier molecular flexibility index (Phi) is 5.85. The van der Waals surface area contributed by atoms with Gasteiger partial charge >= 0.3 is 12.0 Å². The molecule has 120 valence electrons. The zero-order valence-electron chi connectivity index (χ0n) is 12.8. The molecule has 0 aromatic heterocycles. The molecule has 21 heavy (non-hydrogen) atoms. The van der Waals surface area contributed by atoms with Gasteiger partial charge in [0.05, 0.1) is 6.61 Å². The number of hydrogen-bond donors (Lipinski definition) is 1. The standard InChI is InChI=1S/C15H26N2O4/c1-21-11-10-17(13-5-6-13)15(20)16-9-3-2-4-12(16)7-8-14(18)19/h12-13H,2-11H2,1H3,(H,18,19). The van der Waals surface area contributed by atoms with E-state index in [-0.39, 0.29) is 18.5 Å². The molecule has 1 aliphatic carbocycles. The van der Waals surface area contributed by atoms with Gasteiger partial charge in [0, 0.05) is 38.7 Å². The van der Waals surface area contributed by atoms with Gasteiger partial charge in [-0.25, -0.2) is 4.79 Å². The SMILES string of the molecule is COCCN(C(=O)N1CCCCC1CCC(=O)O)C1CC1. The van der Waals surface area contributed by atoms with E-state index in [1.54, 1.807) is 7.11 Å². The Morgan fingerprint density at radius 1 is 1.29 bits per heavy atom. The molecular weight excluding hydrogens is 272 g/mol. The Balaban J connectivity index is 1.96. The Bertz CT molecular complexity index is 371. The number of hydrogen-bond acceptors (Lipinski definition) is 3. The van der Waals surface area contributed by atoms with Gasteiger partial charge in [0.2, 0.25) is 0 Å². The molecule has 1 unspecified atom stereocenters. The smallest absolute Gasteiger partial charge is 0.320 e. The fraction of sp³-hybridized carbons (Fsp3) is 0.867. The van der Waals surface area contributed by atoms with E-state index >= 15 is 0 Å². The first kappa shape index (κ1) is 16.1. The van der Waals surface area contributed by atoms with E-state index in [2.05, 4.69) is 0 Å². The average molecular weight is 298 g/mol. The van der Waals surface area contributed by atoms with Crippen LogP contribution in [0, 0.1) is 0 Å². The van der Waals surface area contributed by atoms with Crippen LogP contribution in [0.15, 0.2) is 0 Å². The lowest BCUT2D eigenvalue weighted by Gasteiger charge is -2.39. The minimum atomic E-state index is -0.786. The number of rotatable bonds is 7. The van der Waals surface area contributed by atoms with Gasteiger partial charge in [-0.15, -0.1) is 0 Å². The monoisotopic (exact) mass is 298 g/mol. The third kappa shape index (κ3) is 4.59. The molecule has 2 aliphatic rings. The Labute approximate surface area is 126 Å². The van der Waals surface area contributed by atoms with Crippen molar-refractivity contribution in [3.05, 3.63) is 0 Å². The number of carbonyl (C=O) groups is 2. The summed E-state index contributed by atoms with van der Waals surface area (Å²) >= 11 is 0. The van der Waals surface area contributed by atoms with Crippen molar-refractivity contribution in [1.29, 1.82) is 0 Å². The van der Waals surface area contributed by atoms with Crippen LogP contribution in [0.4, 0.5) is 4.79 Å². The summed E-state index contributed by atoms with van der Waals surface area (Å²) in [7, 11) is 1.64. The molecule has 0 radical (unpaired) electrons. The maximum atomic E-state index is 12.8. The Morgan fingerprint density at radius 2 is 2.05 bits per heavy atom. The molecule has 6 heteroatoms. The summed E-state index contributed by atoms with van der Waals surface area (Å²) < 4.78 is 5.10. The molecule has 1 aliphatic heterocycles. The number of amides is 2. The van der Waals surface area contributed by atoms with Crippen LogP contribution in [-0.4, -0.2) is 65.8 Å². The van der Waals surface area contributed by atoms with Crippen molar-refractivity contribution < 1.29 is 19.4 Å². The fourth-order valence-corrected chi connectivity index (χ4v) is 3.02. The lowest BCUT2D eigenvalue weighted by molar-refractivity contribution is -0.137. The second-order valence-corrected chi connectivity index (χ2v) is 5.98. The molecule has 1 saturated carbocycles. The summed E-state index contributed by atoms with van der Waals surface area (Å²) in [5, 5.41) is 8.86. The molecular formula is C15H26N2O4. The van der Waals surface area contributed by atoms with E-state index in [4.69, 9.17) is 9.84 Å². The molecule has 6 nitrogen and oxygen atoms in total. The lowest BCUT2D eigenvalue weighted by atomic mass is 9.98. The predicted octanol–water partition coefficient (Wildman–Crippen LogP) is 1.94. The van der Waals surface area contributed by atoms with Crippen LogP contribution in [0.2, 0.25) is 0 Å². The summed E-state index contributed by atoms with van der Waals surface area (Å²) in [6.45, 7) is 1.93. The Hall–Kier alpha value is -1.30. The van der Waals surface area contributed by atoms with Crippen LogP contribution < -0.4 is 0 Å². The molecule has 2 fully saturated rings. The van der Waals surface area contributed by atoms with Crippen molar-refractivity contribution in [1.82, 2.24) is 9.80 Å². The van der Waals surface area contributed by atoms with Gasteiger partial charge in [-0.2, -0.15) is 0 Å². The fourth-order valence-electron chi connectivity index (χ4n) is 3.02. The van der Waals surface area contributed by atoms with Crippen LogP contribution in [0.1, 0.15) is 44.9 Å². The van der Waals surface area contributed by atoms with E-state index in [1.807, 2.05) is 9.80 Å². The van der Waals surface area contributed by atoms with Gasteiger partial charge in [-0.05, 0) is 38.5 Å². The van der Waals surface area contributed by atoms with E-state index in [0.717, 1.165) is 38.6 Å². The highest BCUT2D eigenvalue weighted by atomic mass is 16.5. The molecule has 1 heterocycles. The first-order chi connectivity index (χ1) is 10.1. The van der Waals surface area contributed by atoms with Gasteiger partial charge in [0.1, 0.15) is 0 Å². The quantitative estimate of drug-likeness (QED) is 0.780. The summed E-state index contributed by atoms with van der Waals surface area (Å²) in [5.74, 6) is -0.786. The van der Waals surface area contributed by atoms with Crippen molar-refractivity contribution in [2.75, 3.05) is 26.8 Å². The van der Waals surface area contributed by atoms with Gasteiger partial charge in [-0.1, -0.05) is 0 Å². The molecule has 0 bridgehead atoms. The molecule has 0 aromatic rings. The Morgan fingerprint density at radius 3 is 2.67 bits per heavy atom. The lowest BCUT2D eigenvalue weighted by Crippen LogP contribution is -2.51. The van der Waals surface area contributed by atoms with Gasteiger partial charge < -0.3 is 19.6 Å². The second-order valence-electron chi connectivity index (χ2n) is 5.98. The van der Waals surface area contributed by atoms with Crippen LogP contribution in [0.3, 0.4) is 0 Å². The zero-order valence-corrected chi connectivity index (χ0v) is 12.8. The summed E-state index contributed by atoms with van der Waals surface area (Å²) in [6, 6.07) is 0.505. The van der Waals surface area contributed by atoms with E-state index < -0.39 is 5.97 Å². The number of carboxylic acid groups (broad SMARTS) is 1. The number of likely N-dealkylation sites (tertiary alicyclic amines) is 1. The van der Waals surface area contributed by atoms with Gasteiger partial charge in [0.15, 0.2) is 0 Å². The molecule has 1 saturated heterocycles. The van der Waals surface area contributed by atoms with Crippen molar-refractivity contribution in [3.63, 3.8) is 0 Å². The highest BCUT2D eigenvalue weighted by Crippen LogP contribution is 2.30. The number of urea groups is 1. The van der Waals surface area contributed by atoms with Crippen molar-refractivity contribution in [2.24, 2.45) is 0 Å². The van der Waals surface area contributed by atoms with Crippen molar-refractivity contribution in [2.45, 2.75) is 57.0 Å². The van der Waals surface area contributed by atoms with E-state index in [9.17, 15) is 9.59 Å². The van der Waals surface area contributed by atoms with Crippen LogP contribution >= 0.6 is 0 Å². The number of methoxy groups -OCH3 is 1. The number of carboxylic acids is 1. The number of piperidine rings is 1. The predicted molar refractivity (Wildman–Crippen MR) is 78.2 cm³/mol. The minimum absolute atomic E-state index is 0.0737. The van der Waals surface area contributed by atoms with Crippen LogP contribution in [0.25, 0.3) is 0 Å². The van der Waals surface area contributed by atoms with Crippen molar-refractivity contribution >= 4 is 12.0 Å². The molecule has 1 atom stereocenters. The first-order valence-electron chi connectivity index (χ1n) is 7.91. The van der Waals surface area contributed by atoms with Gasteiger partial charge in [-0.3, -0.25) is 4.79 Å². The van der Waals surface area contributed by atoms with Gasteiger partial charge in [0.25, 0.3) is 0 Å². The van der Waals surface area contributed by atoms with E-state index in [1.165, 1.54) is 0 Å². The number of aliphatic carboxylic acids is 1. The summed E-state index contributed by atoms with van der Waals surface area (Å²) in [6.07, 6.45) is 5.85. The summed E-state index contributed by atoms with van der Waals surface area (Å²) in [5.41, 5.74) is 0. The minimum Gasteiger partial charge on any atom is -0.481 e. The highest BCUT2D eigenvalue weighted by Gasteiger charge is 2.37. The molecule has 1 N–H and O–H groups in total. The second kappa shape index (κ2) is 7.64. The maximum Gasteiger partial charge on any atom is 0.320 e. The number of ether oxygens (including phenoxy) is 1. The maximum absolute atomic E-state index is 12.8. The van der Waals surface area contributed by atoms with Crippen LogP contribution in [-0.2, 0) is 9.53 Å². The zero-order chi connectivity index (χ0) is 15.2. The number of nitrogens with zero attached hydrogens (tertiary/aromatic N) is 2. The summed E-state index contributed by atoms with van der Waals surface area (Å²) in [4.78, 5) is 27.4. The normalized spacial score (nSPS) is 22.1. The van der Waals surface area contributed by atoms with Crippen LogP contribution in [0.5, 0.6) is 0 Å². The van der Waals surface area contributed by atoms with Crippen molar-refractivity contribution in [3.8, 4) is 0 Å². The average Bonchev–Trinajstić information content (AvgIpc) is 3.30. The molecule has 0 aromatic carbocycles.